The lowest BCUT2D eigenvalue weighted by atomic mass is 10.1. The molecular formula is C19H27Cl2IN4O. The fourth-order valence-corrected chi connectivity index (χ4v) is 2.95. The van der Waals surface area contributed by atoms with E-state index in [1.165, 1.54) is 11.1 Å². The summed E-state index contributed by atoms with van der Waals surface area (Å²) < 4.78 is 7.53. The maximum atomic E-state index is 6.10. The fourth-order valence-electron chi connectivity index (χ4n) is 2.53. The first-order valence-electron chi connectivity index (χ1n) is 8.65. The zero-order valence-electron chi connectivity index (χ0n) is 15.9. The first-order valence-corrected chi connectivity index (χ1v) is 9.41. The largest absolute Gasteiger partial charge is 0.377 e. The number of nitrogens with zero attached hydrogens (tertiary/aromatic N) is 2. The van der Waals surface area contributed by atoms with Gasteiger partial charge in [-0.2, -0.15) is 0 Å². The topological polar surface area (TPSA) is 50.6 Å². The maximum absolute atomic E-state index is 6.10. The lowest BCUT2D eigenvalue weighted by molar-refractivity contribution is 0.121. The lowest BCUT2D eigenvalue weighted by Gasteiger charge is -2.15. The van der Waals surface area contributed by atoms with Crippen LogP contribution in [-0.2, 0) is 31.5 Å². The number of aromatic nitrogens is 1. The van der Waals surface area contributed by atoms with Gasteiger partial charge in [-0.3, -0.25) is 4.99 Å². The molecule has 150 valence electrons. The van der Waals surface area contributed by atoms with Gasteiger partial charge in [0.2, 0.25) is 0 Å². The van der Waals surface area contributed by atoms with Crippen molar-refractivity contribution in [3.63, 3.8) is 0 Å². The van der Waals surface area contributed by atoms with E-state index in [1.807, 2.05) is 29.8 Å². The van der Waals surface area contributed by atoms with Crippen molar-refractivity contribution in [2.45, 2.75) is 33.0 Å². The number of hydrogen-bond donors (Lipinski definition) is 2. The summed E-state index contributed by atoms with van der Waals surface area (Å²) in [7, 11) is 3.63. The number of ether oxygens (including phenoxy) is 1. The molecule has 0 aliphatic carbocycles. The van der Waals surface area contributed by atoms with Crippen LogP contribution in [0.4, 0.5) is 0 Å². The minimum Gasteiger partial charge on any atom is -0.377 e. The Morgan fingerprint density at radius 1 is 1.15 bits per heavy atom. The molecule has 1 heterocycles. The summed E-state index contributed by atoms with van der Waals surface area (Å²) in [6.07, 6.45) is 1.02. The van der Waals surface area contributed by atoms with Crippen LogP contribution in [0.3, 0.4) is 0 Å². The van der Waals surface area contributed by atoms with Gasteiger partial charge in [0, 0.05) is 32.9 Å². The van der Waals surface area contributed by atoms with Crippen LogP contribution in [0.1, 0.15) is 30.2 Å². The summed E-state index contributed by atoms with van der Waals surface area (Å²) in [4.78, 5) is 4.27. The molecule has 5 nitrogen and oxygen atoms in total. The van der Waals surface area contributed by atoms with Gasteiger partial charge in [0.15, 0.2) is 5.96 Å². The standard InChI is InChI=1S/C19H26Cl2N4O.HI/c1-4-9-26-13-15-8-6-5-7-14(15)11-23-19(22-2)24-12-16-10-17(20)18(21)25(16)3;/h5-8,10H,4,9,11-13H2,1-3H3,(H2,22,23,24);1H. The zero-order valence-corrected chi connectivity index (χ0v) is 19.7. The van der Waals surface area contributed by atoms with Crippen LogP contribution >= 0.6 is 47.2 Å². The second kappa shape index (κ2) is 12.5. The fraction of sp³-hybridized carbons (Fsp3) is 0.421. The number of guanidine groups is 1. The molecule has 0 saturated carbocycles. The van der Waals surface area contributed by atoms with E-state index in [-0.39, 0.29) is 24.0 Å². The zero-order chi connectivity index (χ0) is 18.9. The molecule has 8 heteroatoms. The molecule has 27 heavy (non-hydrogen) atoms. The number of halogens is 3. The van der Waals surface area contributed by atoms with Crippen LogP contribution in [0.2, 0.25) is 10.2 Å². The van der Waals surface area contributed by atoms with Crippen LogP contribution in [0.15, 0.2) is 35.3 Å². The highest BCUT2D eigenvalue weighted by molar-refractivity contribution is 14.0. The molecule has 0 saturated heterocycles. The Morgan fingerprint density at radius 3 is 2.41 bits per heavy atom. The van der Waals surface area contributed by atoms with Crippen LogP contribution < -0.4 is 10.6 Å². The average molecular weight is 525 g/mol. The normalized spacial score (nSPS) is 11.2. The van der Waals surface area contributed by atoms with Gasteiger partial charge >= 0.3 is 0 Å². The van der Waals surface area contributed by atoms with Gasteiger partial charge in [-0.25, -0.2) is 0 Å². The SMILES string of the molecule is CCCOCc1ccccc1CNC(=NC)NCc1cc(Cl)c(Cl)n1C.I. The molecule has 0 aliphatic rings. The van der Waals surface area contributed by atoms with E-state index in [9.17, 15) is 0 Å². The third-order valence-corrected chi connectivity index (χ3v) is 4.89. The van der Waals surface area contributed by atoms with Crippen LogP contribution in [0.5, 0.6) is 0 Å². The van der Waals surface area contributed by atoms with E-state index >= 15 is 0 Å². The van der Waals surface area contributed by atoms with E-state index in [4.69, 9.17) is 27.9 Å². The Bertz CT molecular complexity index is 749. The molecular weight excluding hydrogens is 498 g/mol. The van der Waals surface area contributed by atoms with Gasteiger partial charge in [0.25, 0.3) is 0 Å². The molecule has 0 aliphatic heterocycles. The number of rotatable bonds is 8. The van der Waals surface area contributed by atoms with Crippen molar-refractivity contribution in [1.29, 1.82) is 0 Å². The van der Waals surface area contributed by atoms with Crippen molar-refractivity contribution < 1.29 is 4.74 Å². The minimum absolute atomic E-state index is 0. The highest BCUT2D eigenvalue weighted by Gasteiger charge is 2.09. The molecule has 0 bridgehead atoms. The Labute approximate surface area is 188 Å². The quantitative estimate of drug-likeness (QED) is 0.227. The Morgan fingerprint density at radius 2 is 1.81 bits per heavy atom. The average Bonchev–Trinajstić information content (AvgIpc) is 2.90. The van der Waals surface area contributed by atoms with Gasteiger partial charge in [-0.1, -0.05) is 54.4 Å². The third-order valence-electron chi connectivity index (χ3n) is 4.05. The van der Waals surface area contributed by atoms with Gasteiger partial charge in [-0.15, -0.1) is 24.0 Å². The molecule has 1 aromatic carbocycles. The van der Waals surface area contributed by atoms with Crippen molar-refractivity contribution >= 4 is 53.1 Å². The van der Waals surface area contributed by atoms with Gasteiger partial charge < -0.3 is 19.9 Å². The first-order chi connectivity index (χ1) is 12.6. The minimum atomic E-state index is 0. The predicted molar refractivity (Wildman–Crippen MR) is 124 cm³/mol. The van der Waals surface area contributed by atoms with Crippen molar-refractivity contribution in [3.8, 4) is 0 Å². The van der Waals surface area contributed by atoms with E-state index < -0.39 is 0 Å². The molecule has 2 aromatic rings. The predicted octanol–water partition coefficient (Wildman–Crippen LogP) is 4.74. The summed E-state index contributed by atoms with van der Waals surface area (Å²) in [5.74, 6) is 0.711. The van der Waals surface area contributed by atoms with E-state index in [0.29, 0.717) is 35.8 Å². The number of hydrogen-bond acceptors (Lipinski definition) is 2. The van der Waals surface area contributed by atoms with Crippen molar-refractivity contribution in [2.75, 3.05) is 13.7 Å². The molecule has 0 atom stereocenters. The summed E-state index contributed by atoms with van der Waals surface area (Å²) in [6.45, 7) is 4.74. The second-order valence-corrected chi connectivity index (χ2v) is 6.70. The smallest absolute Gasteiger partial charge is 0.191 e. The van der Waals surface area contributed by atoms with Gasteiger partial charge in [-0.05, 0) is 23.6 Å². The summed E-state index contributed by atoms with van der Waals surface area (Å²) in [5, 5.41) is 7.70. The molecule has 0 amide bonds. The van der Waals surface area contributed by atoms with E-state index in [0.717, 1.165) is 18.7 Å². The van der Waals surface area contributed by atoms with Crippen LogP contribution in [0.25, 0.3) is 0 Å². The molecule has 0 radical (unpaired) electrons. The number of aliphatic imine (C=N–C) groups is 1. The summed E-state index contributed by atoms with van der Waals surface area (Å²) in [6, 6.07) is 10.1. The molecule has 2 N–H and O–H groups in total. The van der Waals surface area contributed by atoms with Crippen LogP contribution in [-0.4, -0.2) is 24.2 Å². The Kier molecular flexibility index (Phi) is 11.1. The monoisotopic (exact) mass is 524 g/mol. The van der Waals surface area contributed by atoms with Gasteiger partial charge in [0.1, 0.15) is 5.15 Å². The maximum Gasteiger partial charge on any atom is 0.191 e. The molecule has 1 aromatic heterocycles. The second-order valence-electron chi connectivity index (χ2n) is 5.93. The first kappa shape index (κ1) is 24.1. The van der Waals surface area contributed by atoms with Crippen LogP contribution in [0, 0.1) is 0 Å². The summed E-state index contributed by atoms with van der Waals surface area (Å²) in [5.41, 5.74) is 3.36. The molecule has 0 fully saturated rings. The Hall–Kier alpha value is -0.960. The molecule has 0 unspecified atom stereocenters. The van der Waals surface area contributed by atoms with Gasteiger partial charge in [0.05, 0.1) is 18.2 Å². The third kappa shape index (κ3) is 7.18. The van der Waals surface area contributed by atoms with E-state index in [2.05, 4.69) is 34.7 Å². The lowest BCUT2D eigenvalue weighted by Crippen LogP contribution is -2.36. The number of benzene rings is 1. The summed E-state index contributed by atoms with van der Waals surface area (Å²) >= 11 is 12.2. The molecule has 2 rings (SSSR count). The highest BCUT2D eigenvalue weighted by Crippen LogP contribution is 2.24. The number of nitrogens with one attached hydrogen (secondary N) is 2. The molecule has 0 spiro atoms. The van der Waals surface area contributed by atoms with Crippen molar-refractivity contribution in [1.82, 2.24) is 15.2 Å². The van der Waals surface area contributed by atoms with Crippen molar-refractivity contribution in [3.05, 3.63) is 57.3 Å². The highest BCUT2D eigenvalue weighted by atomic mass is 127. The van der Waals surface area contributed by atoms with E-state index in [1.54, 1.807) is 7.05 Å². The van der Waals surface area contributed by atoms with Crippen molar-refractivity contribution in [2.24, 2.45) is 12.0 Å². The Balaban J connectivity index is 0.00000364.